The van der Waals surface area contributed by atoms with E-state index < -0.39 is 0 Å². The molecule has 0 amide bonds. The third-order valence-electron chi connectivity index (χ3n) is 8.90. The normalized spacial score (nSPS) is 16.7. The molecule has 2 aliphatic carbocycles. The fourth-order valence-corrected chi connectivity index (χ4v) is 7.24. The summed E-state index contributed by atoms with van der Waals surface area (Å²) in [5.41, 5.74) is 15.8. The van der Waals surface area contributed by atoms with Crippen LogP contribution in [0.4, 0.5) is 0 Å². The van der Waals surface area contributed by atoms with Crippen molar-refractivity contribution >= 4 is 60.0 Å². The monoisotopic (exact) mass is 756 g/mol. The van der Waals surface area contributed by atoms with Crippen molar-refractivity contribution in [2.24, 2.45) is 5.73 Å². The molecule has 6 aromatic rings. The summed E-state index contributed by atoms with van der Waals surface area (Å²) in [4.78, 5) is 17.1. The van der Waals surface area contributed by atoms with Crippen LogP contribution in [-0.2, 0) is 19.4 Å². The van der Waals surface area contributed by atoms with Gasteiger partial charge in [0.25, 0.3) is 0 Å². The van der Waals surface area contributed by atoms with Gasteiger partial charge in [0.1, 0.15) is 17.8 Å². The molecular formula is C38H38Br2N4O3. The summed E-state index contributed by atoms with van der Waals surface area (Å²) in [7, 11) is 0. The maximum atomic E-state index is 10.0. The highest BCUT2D eigenvalue weighted by Crippen LogP contribution is 2.36. The molecule has 0 spiro atoms. The Bertz CT molecular complexity index is 1980. The van der Waals surface area contributed by atoms with Crippen molar-refractivity contribution in [1.29, 1.82) is 0 Å². The Morgan fingerprint density at radius 1 is 0.745 bits per heavy atom. The largest absolute Gasteiger partial charge is 0.508 e. The zero-order valence-corrected chi connectivity index (χ0v) is 29.1. The first kappa shape index (κ1) is 33.0. The number of hydrogen-bond donors (Lipinski definition) is 6. The standard InChI is InChI=1S/C19H19BrN2O.C12H13BrN2.C7H6O2/c20-13-6-9-17-16(10-13)15-2-1-3-18(19(15)22-17)21-11-12-4-7-14(23)8-5-12;13-7-4-5-11-9(6-7)8-2-1-3-10(14)12(8)15-11;8-5-6-1-3-7(9)4-2-6/h4-10,18,21-23H,1-3,11H2;4-6,10,15H,1-3,14H2;1-5,9H/t18-;10-;/m11./s1. The average Bonchev–Trinajstić information content (AvgIpc) is 3.64. The number of aromatic nitrogens is 2. The number of halogens is 2. The summed E-state index contributed by atoms with van der Waals surface area (Å²) in [5, 5.41) is 24.4. The second-order valence-corrected chi connectivity index (χ2v) is 13.9. The zero-order valence-electron chi connectivity index (χ0n) is 25.9. The highest BCUT2D eigenvalue weighted by molar-refractivity contribution is 9.10. The molecule has 0 bridgehead atoms. The molecule has 2 aromatic heterocycles. The van der Waals surface area contributed by atoms with Crippen LogP contribution >= 0.6 is 31.9 Å². The van der Waals surface area contributed by atoms with Gasteiger partial charge in [-0.05, 0) is 128 Å². The predicted octanol–water partition coefficient (Wildman–Crippen LogP) is 9.27. The Hall–Kier alpha value is -3.89. The van der Waals surface area contributed by atoms with Crippen molar-refractivity contribution in [2.45, 2.75) is 57.2 Å². The van der Waals surface area contributed by atoms with E-state index >= 15 is 0 Å². The fourth-order valence-electron chi connectivity index (χ4n) is 6.52. The first-order chi connectivity index (χ1) is 22.8. The lowest BCUT2D eigenvalue weighted by Crippen LogP contribution is -2.24. The van der Waals surface area contributed by atoms with Crippen LogP contribution in [0.15, 0.2) is 93.9 Å². The number of carbonyl (C=O) groups excluding carboxylic acids is 1. The highest BCUT2D eigenvalue weighted by Gasteiger charge is 2.24. The van der Waals surface area contributed by atoms with Gasteiger partial charge >= 0.3 is 0 Å². The summed E-state index contributed by atoms with van der Waals surface area (Å²) < 4.78 is 2.27. The minimum atomic E-state index is 0.181. The molecule has 242 valence electrons. The van der Waals surface area contributed by atoms with Crippen LogP contribution in [0.1, 0.15) is 76.2 Å². The molecule has 7 N–H and O–H groups in total. The SMILES string of the molecule is N[C@@H]1CCCc2c1[nH]c1ccc(Br)cc21.O=Cc1ccc(O)cc1.Oc1ccc(CN[C@@H]2CCCc3c2[nH]c2ccc(Br)cc32)cc1. The smallest absolute Gasteiger partial charge is 0.150 e. The van der Waals surface area contributed by atoms with E-state index in [9.17, 15) is 9.90 Å². The molecule has 2 aliphatic rings. The van der Waals surface area contributed by atoms with Crippen LogP contribution in [0.5, 0.6) is 11.5 Å². The van der Waals surface area contributed by atoms with Crippen molar-refractivity contribution in [1.82, 2.24) is 15.3 Å². The molecule has 4 aromatic carbocycles. The first-order valence-electron chi connectivity index (χ1n) is 15.9. The minimum absolute atomic E-state index is 0.181. The van der Waals surface area contributed by atoms with E-state index in [0.717, 1.165) is 47.5 Å². The molecule has 0 radical (unpaired) electrons. The summed E-state index contributed by atoms with van der Waals surface area (Å²) in [5.74, 6) is 0.496. The molecule has 2 heterocycles. The molecule has 8 rings (SSSR count). The number of aryl methyl sites for hydroxylation is 2. The van der Waals surface area contributed by atoms with Crippen LogP contribution in [0.2, 0.25) is 0 Å². The van der Waals surface area contributed by atoms with Crippen molar-refractivity contribution in [3.05, 3.63) is 128 Å². The van der Waals surface area contributed by atoms with Crippen molar-refractivity contribution in [2.75, 3.05) is 0 Å². The van der Waals surface area contributed by atoms with E-state index in [4.69, 9.17) is 10.8 Å². The number of aromatic hydroxyl groups is 2. The third kappa shape index (κ3) is 7.81. The van der Waals surface area contributed by atoms with E-state index in [1.807, 2.05) is 12.1 Å². The Balaban J connectivity index is 0.000000138. The van der Waals surface area contributed by atoms with E-state index in [1.165, 1.54) is 74.9 Å². The fraction of sp³-hybridized carbons (Fsp3) is 0.237. The number of nitrogens with two attached hydrogens (primary N) is 1. The van der Waals surface area contributed by atoms with Crippen LogP contribution in [0.25, 0.3) is 21.8 Å². The first-order valence-corrected chi connectivity index (χ1v) is 17.5. The summed E-state index contributed by atoms with van der Waals surface area (Å²) >= 11 is 7.09. The molecule has 47 heavy (non-hydrogen) atoms. The zero-order chi connectivity index (χ0) is 32.9. The Labute approximate surface area is 290 Å². The summed E-state index contributed by atoms with van der Waals surface area (Å²) in [6, 6.07) is 26.8. The van der Waals surface area contributed by atoms with Crippen LogP contribution < -0.4 is 11.1 Å². The van der Waals surface area contributed by atoms with E-state index in [-0.39, 0.29) is 11.8 Å². The molecule has 0 aliphatic heterocycles. The van der Waals surface area contributed by atoms with Crippen molar-refractivity contribution < 1.29 is 15.0 Å². The predicted molar refractivity (Wildman–Crippen MR) is 196 cm³/mol. The number of nitrogens with one attached hydrogen (secondary N) is 3. The lowest BCUT2D eigenvalue weighted by Gasteiger charge is -2.24. The molecule has 0 saturated heterocycles. The number of phenols is 2. The lowest BCUT2D eigenvalue weighted by molar-refractivity contribution is 0.112. The van der Waals surface area contributed by atoms with Gasteiger partial charge in [-0.3, -0.25) is 4.79 Å². The van der Waals surface area contributed by atoms with Gasteiger partial charge in [-0.15, -0.1) is 0 Å². The van der Waals surface area contributed by atoms with Gasteiger partial charge in [0.15, 0.2) is 0 Å². The Morgan fingerprint density at radius 3 is 1.87 bits per heavy atom. The van der Waals surface area contributed by atoms with Gasteiger partial charge in [-0.2, -0.15) is 0 Å². The highest BCUT2D eigenvalue weighted by atomic mass is 79.9. The van der Waals surface area contributed by atoms with Gasteiger partial charge < -0.3 is 31.2 Å². The molecule has 2 atom stereocenters. The third-order valence-corrected chi connectivity index (χ3v) is 9.89. The Morgan fingerprint density at radius 2 is 1.28 bits per heavy atom. The van der Waals surface area contributed by atoms with Gasteiger partial charge in [0.2, 0.25) is 0 Å². The number of phenolic OH excluding ortho intramolecular Hbond substituents is 2. The van der Waals surface area contributed by atoms with Gasteiger partial charge in [0, 0.05) is 66.3 Å². The number of fused-ring (bicyclic) bond motifs is 6. The molecule has 7 nitrogen and oxygen atoms in total. The second-order valence-electron chi connectivity index (χ2n) is 12.1. The molecule has 0 saturated carbocycles. The average molecular weight is 759 g/mol. The number of aldehydes is 1. The van der Waals surface area contributed by atoms with E-state index in [2.05, 4.69) is 83.5 Å². The summed E-state index contributed by atoms with van der Waals surface area (Å²) in [6.45, 7) is 0.809. The van der Waals surface area contributed by atoms with Crippen molar-refractivity contribution in [3.63, 3.8) is 0 Å². The van der Waals surface area contributed by atoms with Gasteiger partial charge in [0.05, 0.1) is 0 Å². The van der Waals surface area contributed by atoms with Crippen molar-refractivity contribution in [3.8, 4) is 11.5 Å². The number of H-pyrrole nitrogens is 2. The number of rotatable bonds is 4. The molecule has 0 unspecified atom stereocenters. The maximum Gasteiger partial charge on any atom is 0.150 e. The number of hydrogen-bond acceptors (Lipinski definition) is 5. The molecule has 0 fully saturated rings. The topological polar surface area (TPSA) is 127 Å². The summed E-state index contributed by atoms with van der Waals surface area (Å²) in [6.07, 6.45) is 7.69. The Kier molecular flexibility index (Phi) is 10.5. The van der Waals surface area contributed by atoms with E-state index in [0.29, 0.717) is 17.4 Å². The minimum Gasteiger partial charge on any atom is -0.508 e. The van der Waals surface area contributed by atoms with Gasteiger partial charge in [-0.1, -0.05) is 44.0 Å². The number of benzene rings is 4. The van der Waals surface area contributed by atoms with Crippen LogP contribution in [0.3, 0.4) is 0 Å². The quantitative estimate of drug-likeness (QED) is 0.100. The van der Waals surface area contributed by atoms with Gasteiger partial charge in [-0.25, -0.2) is 0 Å². The molecule has 9 heteroatoms. The molecular weight excluding hydrogens is 720 g/mol. The van der Waals surface area contributed by atoms with Crippen LogP contribution in [0, 0.1) is 0 Å². The maximum absolute atomic E-state index is 10.0. The number of carbonyl (C=O) groups is 1. The van der Waals surface area contributed by atoms with Crippen LogP contribution in [-0.4, -0.2) is 26.5 Å². The second kappa shape index (κ2) is 14.9. The number of aromatic amines is 2. The lowest BCUT2D eigenvalue weighted by atomic mass is 9.91. The van der Waals surface area contributed by atoms with E-state index in [1.54, 1.807) is 24.3 Å².